The predicted octanol–water partition coefficient (Wildman–Crippen LogP) is 5.66. The van der Waals surface area contributed by atoms with Crippen molar-refractivity contribution < 1.29 is 19.1 Å². The Balaban J connectivity index is 1.51. The molecular weight excluding hydrogens is 493 g/mol. The number of rotatable bonds is 6. The molecule has 2 aromatic carbocycles. The molecule has 1 aliphatic heterocycles. The fourth-order valence-electron chi connectivity index (χ4n) is 3.59. The molecule has 10 heteroatoms. The average Bonchev–Trinajstić information content (AvgIpc) is 3.59. The second kappa shape index (κ2) is 9.49. The van der Waals surface area contributed by atoms with Gasteiger partial charge in [-0.05, 0) is 41.3 Å². The summed E-state index contributed by atoms with van der Waals surface area (Å²) >= 11 is 4.05. The summed E-state index contributed by atoms with van der Waals surface area (Å²) in [5.41, 5.74) is 1.31. The fourth-order valence-corrected chi connectivity index (χ4v) is 6.23. The zero-order valence-electron chi connectivity index (χ0n) is 17.4. The molecule has 0 radical (unpaired) electrons. The minimum atomic E-state index is -0.857. The lowest BCUT2D eigenvalue weighted by molar-refractivity contribution is -0.132. The third-order valence-corrected chi connectivity index (χ3v) is 8.23. The number of carbonyl (C=O) groups is 2. The van der Waals surface area contributed by atoms with E-state index in [-0.39, 0.29) is 22.0 Å². The molecule has 5 rings (SSSR count). The van der Waals surface area contributed by atoms with Crippen LogP contribution in [0.4, 0.5) is 9.52 Å². The number of Topliss-reactive ketones (excluding diaryl/α,β-unsaturated/α-hetero) is 1. The highest BCUT2D eigenvalue weighted by Gasteiger charge is 2.48. The highest BCUT2D eigenvalue weighted by atomic mass is 32.2. The van der Waals surface area contributed by atoms with Crippen molar-refractivity contribution in [3.63, 3.8) is 0 Å². The first kappa shape index (κ1) is 22.5. The quantitative estimate of drug-likeness (QED) is 0.119. The van der Waals surface area contributed by atoms with E-state index in [0.717, 1.165) is 5.56 Å². The topological polar surface area (TPSA) is 83.4 Å². The summed E-state index contributed by atoms with van der Waals surface area (Å²) < 4.78 is 14.0. The highest BCUT2D eigenvalue weighted by molar-refractivity contribution is 8.00. The molecule has 1 N–H and O–H groups in total. The number of nitrogens with zero attached hydrogens (tertiary/aromatic N) is 3. The third kappa shape index (κ3) is 4.27. The van der Waals surface area contributed by atoms with Gasteiger partial charge in [-0.15, -0.1) is 21.5 Å². The number of hydrogen-bond acceptors (Lipinski definition) is 8. The molecular formula is C24H16FN3O3S3. The predicted molar refractivity (Wildman–Crippen MR) is 131 cm³/mol. The highest BCUT2D eigenvalue weighted by Crippen LogP contribution is 2.45. The van der Waals surface area contributed by atoms with Gasteiger partial charge in [0.05, 0.1) is 5.57 Å². The van der Waals surface area contributed by atoms with E-state index in [9.17, 15) is 19.1 Å². The summed E-state index contributed by atoms with van der Waals surface area (Å²) in [6.45, 7) is 0. The van der Waals surface area contributed by atoms with Crippen LogP contribution in [0, 0.1) is 5.82 Å². The van der Waals surface area contributed by atoms with Crippen molar-refractivity contribution in [2.24, 2.45) is 0 Å². The Morgan fingerprint density at radius 1 is 1.03 bits per heavy atom. The van der Waals surface area contributed by atoms with Crippen LogP contribution in [0.5, 0.6) is 0 Å². The number of halogens is 1. The molecule has 1 saturated heterocycles. The van der Waals surface area contributed by atoms with E-state index >= 15 is 0 Å². The summed E-state index contributed by atoms with van der Waals surface area (Å²) in [6, 6.07) is 17.7. The zero-order valence-corrected chi connectivity index (χ0v) is 19.9. The summed E-state index contributed by atoms with van der Waals surface area (Å²) in [6.07, 6.45) is 0. The number of anilines is 1. The Labute approximate surface area is 206 Å². The maximum atomic E-state index is 13.4. The molecule has 170 valence electrons. The number of aliphatic hydroxyl groups is 1. The van der Waals surface area contributed by atoms with Crippen LogP contribution in [0.15, 0.2) is 82.0 Å². The van der Waals surface area contributed by atoms with Crippen LogP contribution < -0.4 is 4.90 Å². The van der Waals surface area contributed by atoms with Crippen molar-refractivity contribution in [1.29, 1.82) is 0 Å². The molecule has 0 aliphatic carbocycles. The molecule has 6 nitrogen and oxygen atoms in total. The van der Waals surface area contributed by atoms with Crippen molar-refractivity contribution in [2.45, 2.75) is 16.1 Å². The van der Waals surface area contributed by atoms with Crippen LogP contribution in [0.2, 0.25) is 0 Å². The van der Waals surface area contributed by atoms with Gasteiger partial charge in [0.1, 0.15) is 17.6 Å². The first-order valence-electron chi connectivity index (χ1n) is 10.1. The van der Waals surface area contributed by atoms with Gasteiger partial charge in [0, 0.05) is 16.2 Å². The van der Waals surface area contributed by atoms with Crippen LogP contribution in [0.3, 0.4) is 0 Å². The SMILES string of the molecule is O=C1C(=O)N(c2nnc(SCc3ccccc3)s2)C(c2cccs2)/C1=C(\O)c1ccc(F)cc1. The van der Waals surface area contributed by atoms with Crippen molar-refractivity contribution >= 4 is 57.0 Å². The van der Waals surface area contributed by atoms with Crippen molar-refractivity contribution in [3.05, 3.63) is 99.5 Å². The molecule has 3 heterocycles. The molecule has 1 atom stereocenters. The van der Waals surface area contributed by atoms with Gasteiger partial charge in [0.2, 0.25) is 5.13 Å². The number of aliphatic hydroxyl groups excluding tert-OH is 1. The van der Waals surface area contributed by atoms with Crippen molar-refractivity contribution in [3.8, 4) is 0 Å². The summed E-state index contributed by atoms with van der Waals surface area (Å²) in [5.74, 6) is -1.76. The van der Waals surface area contributed by atoms with E-state index in [0.29, 0.717) is 15.0 Å². The van der Waals surface area contributed by atoms with E-state index in [4.69, 9.17) is 0 Å². The van der Waals surface area contributed by atoms with Gasteiger partial charge in [0.25, 0.3) is 5.78 Å². The lowest BCUT2D eigenvalue weighted by atomic mass is 10.00. The molecule has 1 amide bonds. The third-order valence-electron chi connectivity index (χ3n) is 5.18. The molecule has 0 bridgehead atoms. The summed E-state index contributed by atoms with van der Waals surface area (Å²) in [5, 5.41) is 21.5. The van der Waals surface area contributed by atoms with E-state index in [2.05, 4.69) is 10.2 Å². The van der Waals surface area contributed by atoms with Gasteiger partial charge in [-0.1, -0.05) is 59.5 Å². The van der Waals surface area contributed by atoms with E-state index in [1.807, 2.05) is 35.7 Å². The molecule has 0 saturated carbocycles. The number of amides is 1. The van der Waals surface area contributed by atoms with E-state index < -0.39 is 23.5 Å². The molecule has 2 aromatic heterocycles. The minimum Gasteiger partial charge on any atom is -0.507 e. The van der Waals surface area contributed by atoms with Gasteiger partial charge in [0.15, 0.2) is 4.34 Å². The van der Waals surface area contributed by atoms with Gasteiger partial charge in [-0.2, -0.15) is 0 Å². The maximum Gasteiger partial charge on any atom is 0.301 e. The number of thiophene rings is 1. The minimum absolute atomic E-state index is 0.0623. The lowest BCUT2D eigenvalue weighted by Gasteiger charge is -2.20. The molecule has 0 spiro atoms. The maximum absolute atomic E-state index is 13.4. The normalized spacial score (nSPS) is 17.4. The molecule has 4 aromatic rings. The van der Waals surface area contributed by atoms with Gasteiger partial charge in [-0.3, -0.25) is 14.5 Å². The number of ketones is 1. The molecule has 34 heavy (non-hydrogen) atoms. The van der Waals surface area contributed by atoms with Crippen LogP contribution in [-0.4, -0.2) is 27.0 Å². The van der Waals surface area contributed by atoms with Gasteiger partial charge < -0.3 is 5.11 Å². The first-order valence-corrected chi connectivity index (χ1v) is 12.8. The van der Waals surface area contributed by atoms with Crippen molar-refractivity contribution in [2.75, 3.05) is 4.90 Å². The van der Waals surface area contributed by atoms with E-state index in [1.54, 1.807) is 12.1 Å². The van der Waals surface area contributed by atoms with Gasteiger partial charge in [-0.25, -0.2) is 4.39 Å². The number of hydrogen-bond donors (Lipinski definition) is 1. The zero-order chi connectivity index (χ0) is 23.7. The van der Waals surface area contributed by atoms with Crippen molar-refractivity contribution in [1.82, 2.24) is 10.2 Å². The summed E-state index contributed by atoms with van der Waals surface area (Å²) in [4.78, 5) is 28.2. The number of thioether (sulfide) groups is 1. The first-order chi connectivity index (χ1) is 16.5. The largest absolute Gasteiger partial charge is 0.507 e. The van der Waals surface area contributed by atoms with Crippen LogP contribution in [0.25, 0.3) is 5.76 Å². The Morgan fingerprint density at radius 3 is 2.50 bits per heavy atom. The lowest BCUT2D eigenvalue weighted by Crippen LogP contribution is -2.29. The monoisotopic (exact) mass is 509 g/mol. The van der Waals surface area contributed by atoms with Gasteiger partial charge >= 0.3 is 5.91 Å². The second-order valence-corrected chi connectivity index (χ2v) is 10.5. The average molecular weight is 510 g/mol. The molecule has 1 unspecified atom stereocenters. The number of carbonyl (C=O) groups excluding carboxylic acids is 2. The number of benzene rings is 2. The van der Waals surface area contributed by atoms with Crippen LogP contribution >= 0.6 is 34.4 Å². The van der Waals surface area contributed by atoms with Crippen LogP contribution in [0.1, 0.15) is 22.0 Å². The Bertz CT molecular complexity index is 1370. The smallest absolute Gasteiger partial charge is 0.301 e. The molecule has 1 aliphatic rings. The van der Waals surface area contributed by atoms with E-state index in [1.165, 1.54) is 63.6 Å². The second-order valence-electron chi connectivity index (χ2n) is 7.32. The fraction of sp³-hybridized carbons (Fsp3) is 0.0833. The summed E-state index contributed by atoms with van der Waals surface area (Å²) in [7, 11) is 0. The molecule has 1 fully saturated rings. The standard InChI is InChI=1S/C24H16FN3O3S3/c25-16-10-8-15(9-11-16)20(29)18-19(17-7-4-12-32-17)28(22(31)21(18)30)23-26-27-24(34-23)33-13-14-5-2-1-3-6-14/h1-12,19,29H,13H2/b20-18+. The Kier molecular flexibility index (Phi) is 6.27. The van der Waals surface area contributed by atoms with Crippen LogP contribution in [-0.2, 0) is 15.3 Å². The Hall–Kier alpha value is -3.34. The Morgan fingerprint density at radius 2 is 1.79 bits per heavy atom. The number of aromatic nitrogens is 2.